The Kier molecular flexibility index (Phi) is 5.65. The average molecular weight is 338 g/mol. The number of halogens is 1. The number of fused-ring (bicyclic) bond motifs is 1. The number of hydrogen-bond donors (Lipinski definition) is 1. The number of carbonyl (C=O) groups excluding carboxylic acids is 1. The Bertz CT molecular complexity index is 555. The van der Waals surface area contributed by atoms with Crippen LogP contribution in [0.1, 0.15) is 50.5 Å². The van der Waals surface area contributed by atoms with E-state index < -0.39 is 0 Å². The summed E-state index contributed by atoms with van der Waals surface area (Å²) in [6.45, 7) is 1.72. The third kappa shape index (κ3) is 4.54. The van der Waals surface area contributed by atoms with E-state index in [2.05, 4.69) is 5.32 Å². The van der Waals surface area contributed by atoms with E-state index in [0.717, 1.165) is 12.0 Å². The van der Waals surface area contributed by atoms with Crippen molar-refractivity contribution in [1.29, 1.82) is 0 Å². The molecule has 1 aliphatic heterocycles. The van der Waals surface area contributed by atoms with Gasteiger partial charge in [-0.15, -0.1) is 0 Å². The molecule has 23 heavy (non-hydrogen) atoms. The van der Waals surface area contributed by atoms with Crippen molar-refractivity contribution in [3.8, 4) is 11.5 Å². The maximum Gasteiger partial charge on any atom is 0.220 e. The van der Waals surface area contributed by atoms with Gasteiger partial charge < -0.3 is 14.8 Å². The fourth-order valence-electron chi connectivity index (χ4n) is 3.31. The molecule has 0 atom stereocenters. The van der Waals surface area contributed by atoms with Gasteiger partial charge in [-0.1, -0.05) is 30.9 Å². The third-order valence-electron chi connectivity index (χ3n) is 4.55. The van der Waals surface area contributed by atoms with Crippen molar-refractivity contribution in [3.63, 3.8) is 0 Å². The molecule has 5 heteroatoms. The Balaban J connectivity index is 1.56. The van der Waals surface area contributed by atoms with Crippen LogP contribution in [0.3, 0.4) is 0 Å². The molecule has 1 aromatic carbocycles. The van der Waals surface area contributed by atoms with Crippen molar-refractivity contribution >= 4 is 17.5 Å². The zero-order chi connectivity index (χ0) is 16.1. The first kappa shape index (κ1) is 16.4. The van der Waals surface area contributed by atoms with Gasteiger partial charge in [-0.25, -0.2) is 0 Å². The number of ether oxygens (including phenoxy) is 2. The molecule has 1 amide bonds. The Morgan fingerprint density at radius 3 is 2.74 bits per heavy atom. The van der Waals surface area contributed by atoms with Crippen LogP contribution in [-0.2, 0) is 11.3 Å². The van der Waals surface area contributed by atoms with Gasteiger partial charge in [0, 0.05) is 19.4 Å². The standard InChI is InChI=1S/C18H24ClNO3/c19-15-9-14(10-16-18(15)23-8-4-7-22-16)12-20-17(21)11-13-5-2-1-3-6-13/h9-10,13H,1-8,11-12H2,(H,20,21). The molecule has 1 N–H and O–H groups in total. The third-order valence-corrected chi connectivity index (χ3v) is 4.83. The molecule has 4 nitrogen and oxygen atoms in total. The normalized spacial score (nSPS) is 18.3. The maximum absolute atomic E-state index is 12.1. The second kappa shape index (κ2) is 7.91. The number of amides is 1. The van der Waals surface area contributed by atoms with E-state index in [1.54, 1.807) is 0 Å². The summed E-state index contributed by atoms with van der Waals surface area (Å²) in [7, 11) is 0. The van der Waals surface area contributed by atoms with E-state index in [1.807, 2.05) is 12.1 Å². The topological polar surface area (TPSA) is 47.6 Å². The summed E-state index contributed by atoms with van der Waals surface area (Å²) in [5.74, 6) is 1.96. The van der Waals surface area contributed by atoms with Crippen molar-refractivity contribution in [2.75, 3.05) is 13.2 Å². The number of nitrogens with one attached hydrogen (secondary N) is 1. The first-order chi connectivity index (χ1) is 11.2. The molecule has 0 bridgehead atoms. The Labute approximate surface area is 142 Å². The predicted octanol–water partition coefficient (Wildman–Crippen LogP) is 4.09. The molecule has 0 radical (unpaired) electrons. The van der Waals surface area contributed by atoms with Crippen LogP contribution in [0.4, 0.5) is 0 Å². The lowest BCUT2D eigenvalue weighted by atomic mass is 9.87. The van der Waals surface area contributed by atoms with Gasteiger partial charge in [-0.2, -0.15) is 0 Å². The van der Waals surface area contributed by atoms with Gasteiger partial charge in [-0.3, -0.25) is 4.79 Å². The number of carbonyl (C=O) groups is 1. The molecular weight excluding hydrogens is 314 g/mol. The van der Waals surface area contributed by atoms with Crippen molar-refractivity contribution in [2.45, 2.75) is 51.5 Å². The molecule has 2 aliphatic rings. The fraction of sp³-hybridized carbons (Fsp3) is 0.611. The van der Waals surface area contributed by atoms with E-state index in [1.165, 1.54) is 32.1 Å². The molecule has 1 saturated carbocycles. The highest BCUT2D eigenvalue weighted by Gasteiger charge is 2.18. The summed E-state index contributed by atoms with van der Waals surface area (Å²) >= 11 is 6.27. The van der Waals surface area contributed by atoms with Gasteiger partial charge in [0.2, 0.25) is 5.91 Å². The highest BCUT2D eigenvalue weighted by molar-refractivity contribution is 6.32. The summed E-state index contributed by atoms with van der Waals surface area (Å²) < 4.78 is 11.3. The van der Waals surface area contributed by atoms with E-state index in [0.29, 0.717) is 48.6 Å². The fourth-order valence-corrected chi connectivity index (χ4v) is 3.60. The van der Waals surface area contributed by atoms with Crippen LogP contribution in [-0.4, -0.2) is 19.1 Å². The molecule has 3 rings (SSSR count). The highest BCUT2D eigenvalue weighted by atomic mass is 35.5. The van der Waals surface area contributed by atoms with E-state index in [-0.39, 0.29) is 5.91 Å². The SMILES string of the molecule is O=C(CC1CCCCC1)NCc1cc(Cl)c2c(c1)OCCCO2. The van der Waals surface area contributed by atoms with Crippen LogP contribution < -0.4 is 14.8 Å². The van der Waals surface area contributed by atoms with Gasteiger partial charge in [-0.05, 0) is 36.5 Å². The Morgan fingerprint density at radius 1 is 1.13 bits per heavy atom. The summed E-state index contributed by atoms with van der Waals surface area (Å²) in [5, 5.41) is 3.54. The minimum absolute atomic E-state index is 0.125. The number of rotatable bonds is 4. The lowest BCUT2D eigenvalue weighted by Gasteiger charge is -2.20. The first-order valence-corrected chi connectivity index (χ1v) is 8.95. The molecule has 126 valence electrons. The second-order valence-electron chi connectivity index (χ2n) is 6.44. The zero-order valence-electron chi connectivity index (χ0n) is 13.4. The Hall–Kier alpha value is -1.42. The minimum Gasteiger partial charge on any atom is -0.489 e. The largest absolute Gasteiger partial charge is 0.489 e. The van der Waals surface area contributed by atoms with Gasteiger partial charge in [0.05, 0.1) is 18.2 Å². The van der Waals surface area contributed by atoms with Crippen LogP contribution in [0.15, 0.2) is 12.1 Å². The maximum atomic E-state index is 12.1. The Morgan fingerprint density at radius 2 is 1.91 bits per heavy atom. The summed E-state index contributed by atoms with van der Waals surface area (Å²) in [4.78, 5) is 12.1. The molecule has 1 aliphatic carbocycles. The molecule has 1 aromatic rings. The van der Waals surface area contributed by atoms with Crippen LogP contribution in [0.5, 0.6) is 11.5 Å². The molecule has 0 saturated heterocycles. The van der Waals surface area contributed by atoms with Gasteiger partial charge in [0.25, 0.3) is 0 Å². The lowest BCUT2D eigenvalue weighted by molar-refractivity contribution is -0.122. The van der Waals surface area contributed by atoms with Crippen molar-refractivity contribution in [1.82, 2.24) is 5.32 Å². The monoisotopic (exact) mass is 337 g/mol. The first-order valence-electron chi connectivity index (χ1n) is 8.57. The van der Waals surface area contributed by atoms with E-state index >= 15 is 0 Å². The zero-order valence-corrected chi connectivity index (χ0v) is 14.2. The predicted molar refractivity (Wildman–Crippen MR) is 90.1 cm³/mol. The van der Waals surface area contributed by atoms with Crippen LogP contribution in [0, 0.1) is 5.92 Å². The molecular formula is C18H24ClNO3. The second-order valence-corrected chi connectivity index (χ2v) is 6.85. The molecule has 1 heterocycles. The minimum atomic E-state index is 0.125. The molecule has 0 aromatic heterocycles. The quantitative estimate of drug-likeness (QED) is 0.900. The molecule has 0 spiro atoms. The lowest BCUT2D eigenvalue weighted by Crippen LogP contribution is -2.25. The van der Waals surface area contributed by atoms with Crippen molar-refractivity contribution in [3.05, 3.63) is 22.7 Å². The average Bonchev–Trinajstić information content (AvgIpc) is 2.80. The van der Waals surface area contributed by atoms with Crippen LogP contribution >= 0.6 is 11.6 Å². The highest BCUT2D eigenvalue weighted by Crippen LogP contribution is 2.38. The van der Waals surface area contributed by atoms with Crippen molar-refractivity contribution in [2.24, 2.45) is 5.92 Å². The van der Waals surface area contributed by atoms with Gasteiger partial charge in [0.1, 0.15) is 0 Å². The summed E-state index contributed by atoms with van der Waals surface area (Å²) in [5.41, 5.74) is 0.941. The van der Waals surface area contributed by atoms with E-state index in [9.17, 15) is 4.79 Å². The van der Waals surface area contributed by atoms with Crippen molar-refractivity contribution < 1.29 is 14.3 Å². The van der Waals surface area contributed by atoms with Gasteiger partial charge in [0.15, 0.2) is 11.5 Å². The smallest absolute Gasteiger partial charge is 0.220 e. The van der Waals surface area contributed by atoms with Crippen LogP contribution in [0.2, 0.25) is 5.02 Å². The summed E-state index contributed by atoms with van der Waals surface area (Å²) in [6, 6.07) is 3.75. The molecule has 1 fully saturated rings. The van der Waals surface area contributed by atoms with Gasteiger partial charge >= 0.3 is 0 Å². The number of benzene rings is 1. The van der Waals surface area contributed by atoms with E-state index in [4.69, 9.17) is 21.1 Å². The number of hydrogen-bond acceptors (Lipinski definition) is 3. The summed E-state index contributed by atoms with van der Waals surface area (Å²) in [6.07, 6.45) is 7.68. The van der Waals surface area contributed by atoms with Crippen LogP contribution in [0.25, 0.3) is 0 Å². The molecule has 0 unspecified atom stereocenters.